The number of benzene rings is 3. The van der Waals surface area contributed by atoms with Crippen LogP contribution in [0.1, 0.15) is 178 Å². The van der Waals surface area contributed by atoms with Gasteiger partial charge in [0, 0.05) is 71.6 Å². The molecule has 0 saturated heterocycles. The number of halogens is 9. The van der Waals surface area contributed by atoms with Crippen molar-refractivity contribution in [2.24, 2.45) is 11.8 Å². The Kier molecular flexibility index (Phi) is 24.9. The van der Waals surface area contributed by atoms with Crippen molar-refractivity contribution in [3.05, 3.63) is 233 Å². The van der Waals surface area contributed by atoms with Gasteiger partial charge in [-0.05, 0) is 203 Å². The lowest BCUT2D eigenvalue weighted by molar-refractivity contribution is 0.0898. The first-order chi connectivity index (χ1) is 50.7. The number of carbonyl (C=O) groups excluding carboxylic acids is 3. The summed E-state index contributed by atoms with van der Waals surface area (Å²) in [5.41, 5.74) is 10.4. The van der Waals surface area contributed by atoms with E-state index in [1.807, 2.05) is 55.5 Å². The molecule has 105 heavy (non-hydrogen) atoms. The molecule has 5 aliphatic rings. The number of nitrogens with one attached hydrogen (secondary N) is 3. The van der Waals surface area contributed by atoms with Crippen LogP contribution in [0.5, 0.6) is 0 Å². The van der Waals surface area contributed by atoms with Gasteiger partial charge in [0.15, 0.2) is 27.5 Å². The van der Waals surface area contributed by atoms with Crippen LogP contribution in [0.4, 0.5) is 0 Å². The van der Waals surface area contributed by atoms with Crippen LogP contribution in [-0.4, -0.2) is 84.0 Å². The summed E-state index contributed by atoms with van der Waals surface area (Å²) >= 11 is 57.6. The molecule has 28 heteroatoms. The van der Waals surface area contributed by atoms with Crippen LogP contribution >= 0.6 is 116 Å². The van der Waals surface area contributed by atoms with Gasteiger partial charge >= 0.3 is 0 Å². The second kappa shape index (κ2) is 34.4. The molecule has 0 unspecified atom stereocenters. The van der Waals surface area contributed by atoms with Gasteiger partial charge in [-0.3, -0.25) is 19.4 Å². The topological polar surface area (TPSA) is 208 Å². The first-order valence-electron chi connectivity index (χ1n) is 34.4. The van der Waals surface area contributed by atoms with Gasteiger partial charge in [-0.1, -0.05) is 126 Å². The summed E-state index contributed by atoms with van der Waals surface area (Å²) in [4.78, 5) is 45.6. The number of furan rings is 2. The van der Waals surface area contributed by atoms with E-state index in [0.717, 1.165) is 70.1 Å². The molecule has 2 saturated carbocycles. The zero-order valence-corrected chi connectivity index (χ0v) is 64.7. The molecule has 0 spiro atoms. The maximum absolute atomic E-state index is 13.5. The van der Waals surface area contributed by atoms with Crippen molar-refractivity contribution in [3.8, 4) is 17.1 Å². The van der Waals surface area contributed by atoms with Crippen LogP contribution < -0.4 is 16.0 Å². The molecule has 3 aromatic carbocycles. The molecular formula is C77H71Cl9N10O8S. The Balaban J connectivity index is 0.000000140. The van der Waals surface area contributed by atoms with Crippen molar-refractivity contribution in [2.45, 2.75) is 123 Å². The zero-order chi connectivity index (χ0) is 73.6. The van der Waals surface area contributed by atoms with Crippen molar-refractivity contribution in [1.29, 1.82) is 0 Å². The highest BCUT2D eigenvalue weighted by Gasteiger charge is 2.36. The van der Waals surface area contributed by atoms with Crippen molar-refractivity contribution >= 4 is 168 Å². The highest BCUT2D eigenvalue weighted by atomic mass is 35.5. The Bertz CT molecular complexity index is 4750. The molecule has 0 bridgehead atoms. The number of fused-ring (bicyclic) bond motifs is 3. The first-order valence-corrected chi connectivity index (χ1v) is 38.6. The Labute approximate surface area is 655 Å². The number of hydrogen-bond acceptors (Lipinski definition) is 13. The van der Waals surface area contributed by atoms with E-state index in [1.54, 1.807) is 99.1 Å². The van der Waals surface area contributed by atoms with Crippen LogP contribution in [0.15, 0.2) is 124 Å². The minimum absolute atomic E-state index is 0.0625. The fourth-order valence-electron chi connectivity index (χ4n) is 13.9. The number of amides is 3. The lowest BCUT2D eigenvalue weighted by Crippen LogP contribution is -2.39. The fourth-order valence-corrected chi connectivity index (χ4v) is 16.7. The number of carbonyl (C=O) groups is 3. The Morgan fingerprint density at radius 1 is 0.467 bits per heavy atom. The summed E-state index contributed by atoms with van der Waals surface area (Å²) in [7, 11) is 0. The van der Waals surface area contributed by atoms with Gasteiger partial charge in [0.2, 0.25) is 0 Å². The summed E-state index contributed by atoms with van der Waals surface area (Å²) < 4.78 is 34.5. The van der Waals surface area contributed by atoms with Crippen LogP contribution in [0.3, 0.4) is 0 Å². The van der Waals surface area contributed by atoms with Gasteiger partial charge < -0.3 is 39.0 Å². The quantitative estimate of drug-likeness (QED) is 0.0876. The monoisotopic (exact) mass is 1610 g/mol. The number of pyridine rings is 1. The maximum atomic E-state index is 13.5. The number of aromatic nitrogens is 7. The minimum Gasteiger partial charge on any atom is -0.445 e. The zero-order valence-electron chi connectivity index (χ0n) is 57.1. The molecule has 2 fully saturated rings. The lowest BCUT2D eigenvalue weighted by Gasteiger charge is -2.28. The second-order valence-electron chi connectivity index (χ2n) is 26.2. The van der Waals surface area contributed by atoms with E-state index < -0.39 is 0 Å². The molecule has 0 radical (unpaired) electrons. The maximum Gasteiger partial charge on any atom is 0.272 e. The number of hydrogen-bond donors (Lipinski definition) is 3. The van der Waals surface area contributed by atoms with Gasteiger partial charge in [0.05, 0.1) is 105 Å². The standard InChI is InChI=1S/2C26H26Cl3N3O3.C25H19Cl3N4O2S/c2*1-15(16-5-3-2-4-6-16)30-26(33)24-20-14-34-13-17(11-19-8-10-23(29)35-19)25(20)32(31-24)22-9-7-18(27)12-21(22)28;1-14(20-4-2-3-9-29-20)30-25(33)23-18-13-34-12-15(10-17-6-8-22(28)35-17)24(18)32(31-23)21-7-5-16(26)11-19(21)27/h2*7-12,15-16H,2-6,13-14H2,1H3,(H,30,33);2-11,14H,12-13H2,1H3,(H,30,33)/b2*17-11+;15-10+/t2*15-;14-/m101/s1. The van der Waals surface area contributed by atoms with Gasteiger partial charge in [0.1, 0.15) is 11.5 Å². The SMILES string of the molecule is C[C@@H](NC(=O)c1nn(-c2ccc(Cl)cc2Cl)c2c1COC/C2=C\c1ccc(Cl)o1)C1CCCCC1.C[C@@H](NC(=O)c1nn(-c2ccc(Cl)cc2Cl)c2c1COC/C2=C\c1ccc(Cl)s1)c1ccccn1.C[C@H](NC(=O)c1nn(-c2ccc(Cl)cc2Cl)c2c1COC/C2=C\c1ccc(Cl)o1)C1CCCCC1. The number of ether oxygens (including phenoxy) is 3. The third-order valence-electron chi connectivity index (χ3n) is 19.1. The predicted molar refractivity (Wildman–Crippen MR) is 417 cm³/mol. The van der Waals surface area contributed by atoms with Crippen molar-refractivity contribution in [3.63, 3.8) is 0 Å². The molecular weight excluding hydrogens is 1540 g/mol. The minimum atomic E-state index is -0.327. The van der Waals surface area contributed by atoms with Gasteiger partial charge in [-0.2, -0.15) is 15.3 Å². The molecule has 10 aromatic rings. The third-order valence-corrected chi connectivity index (χ3v) is 22.3. The highest BCUT2D eigenvalue weighted by molar-refractivity contribution is 7.17. The van der Waals surface area contributed by atoms with E-state index in [2.05, 4.69) is 34.8 Å². The summed E-state index contributed by atoms with van der Waals surface area (Å²) in [5, 5.41) is 27.0. The highest BCUT2D eigenvalue weighted by Crippen LogP contribution is 2.41. The summed E-state index contributed by atoms with van der Waals surface area (Å²) in [6, 6.07) is 31.6. The van der Waals surface area contributed by atoms with Crippen LogP contribution in [0, 0.1) is 11.8 Å². The molecule has 3 atom stereocenters. The third kappa shape index (κ3) is 17.9. The van der Waals surface area contributed by atoms with Gasteiger partial charge in [-0.25, -0.2) is 14.0 Å². The largest absolute Gasteiger partial charge is 0.445 e. The smallest absolute Gasteiger partial charge is 0.272 e. The second-order valence-corrected chi connectivity index (χ2v) is 31.3. The van der Waals surface area contributed by atoms with Crippen molar-refractivity contribution in [1.82, 2.24) is 50.3 Å². The normalized spacial score (nSPS) is 17.4. The molecule has 10 heterocycles. The molecule has 15 rings (SSSR count). The van der Waals surface area contributed by atoms with Crippen molar-refractivity contribution in [2.75, 3.05) is 19.8 Å². The predicted octanol–water partition coefficient (Wildman–Crippen LogP) is 21.2. The Hall–Kier alpha value is -7.18. The van der Waals surface area contributed by atoms with Crippen LogP contribution in [0.25, 0.3) is 52.0 Å². The van der Waals surface area contributed by atoms with E-state index in [-0.39, 0.29) is 61.4 Å². The van der Waals surface area contributed by atoms with Crippen LogP contribution in [0.2, 0.25) is 44.9 Å². The van der Waals surface area contributed by atoms with E-state index in [4.69, 9.17) is 143 Å². The lowest BCUT2D eigenvalue weighted by atomic mass is 9.84. The summed E-state index contributed by atoms with van der Waals surface area (Å²) in [6.45, 7) is 7.79. The average Bonchev–Trinajstić information content (AvgIpc) is 1.62. The van der Waals surface area contributed by atoms with E-state index in [0.29, 0.717) is 133 Å². The van der Waals surface area contributed by atoms with Crippen molar-refractivity contribution < 1.29 is 37.4 Å². The van der Waals surface area contributed by atoms with E-state index in [9.17, 15) is 14.4 Å². The number of thiophene rings is 1. The fraction of sp³-hybridized carbons (Fsp3) is 0.312. The number of rotatable bonds is 15. The number of nitrogens with zero attached hydrogens (tertiary/aromatic N) is 7. The molecule has 18 nitrogen and oxygen atoms in total. The summed E-state index contributed by atoms with van der Waals surface area (Å²) in [5.74, 6) is 1.36. The average molecular weight is 1620 g/mol. The first kappa shape index (κ1) is 76.0. The molecule has 3 amide bonds. The molecule has 7 aromatic heterocycles. The summed E-state index contributed by atoms with van der Waals surface area (Å²) in [6.07, 6.45) is 19.3. The molecule has 3 N–H and O–H groups in total. The molecule has 3 aliphatic heterocycles. The van der Waals surface area contributed by atoms with E-state index in [1.165, 1.54) is 49.9 Å². The Morgan fingerprint density at radius 3 is 1.22 bits per heavy atom. The van der Waals surface area contributed by atoms with Gasteiger partial charge in [-0.15, -0.1) is 11.3 Å². The van der Waals surface area contributed by atoms with E-state index >= 15 is 0 Å². The molecule has 2 aliphatic carbocycles. The van der Waals surface area contributed by atoms with Crippen LogP contribution in [-0.2, 0) is 34.0 Å². The van der Waals surface area contributed by atoms with Gasteiger partial charge in [0.25, 0.3) is 17.7 Å². The Morgan fingerprint density at radius 2 is 0.867 bits per heavy atom. The molecule has 546 valence electrons.